The van der Waals surface area contributed by atoms with Crippen LogP contribution in [0.25, 0.3) is 11.0 Å². The molecule has 9 heteroatoms. The molecule has 3 N–H and O–H groups in total. The van der Waals surface area contributed by atoms with E-state index in [4.69, 9.17) is 5.73 Å². The van der Waals surface area contributed by atoms with E-state index in [9.17, 15) is 10.1 Å². The van der Waals surface area contributed by atoms with Crippen molar-refractivity contribution in [3.8, 4) is 0 Å². The summed E-state index contributed by atoms with van der Waals surface area (Å²) in [5.74, 6) is 0.648. The summed E-state index contributed by atoms with van der Waals surface area (Å²) in [5.41, 5.74) is 7.86. The first-order valence-corrected chi connectivity index (χ1v) is 7.45. The number of aromatic amines is 1. The lowest BCUT2D eigenvalue weighted by Crippen LogP contribution is -1.86. The molecular formula is C11H9N5O2S2. The van der Waals surface area contributed by atoms with E-state index in [1.807, 2.05) is 5.38 Å². The first kappa shape index (κ1) is 12.9. The van der Waals surface area contributed by atoms with E-state index < -0.39 is 4.92 Å². The van der Waals surface area contributed by atoms with Crippen molar-refractivity contribution < 1.29 is 4.92 Å². The van der Waals surface area contributed by atoms with Crippen LogP contribution in [-0.4, -0.2) is 19.9 Å². The van der Waals surface area contributed by atoms with Crippen LogP contribution < -0.4 is 5.73 Å². The molecule has 0 spiro atoms. The highest BCUT2D eigenvalue weighted by Gasteiger charge is 2.10. The molecule has 2 aromatic heterocycles. The van der Waals surface area contributed by atoms with Crippen molar-refractivity contribution in [1.29, 1.82) is 0 Å². The molecule has 3 rings (SSSR count). The van der Waals surface area contributed by atoms with Gasteiger partial charge in [-0.25, -0.2) is 9.97 Å². The number of hydrogen-bond donors (Lipinski definition) is 2. The zero-order valence-corrected chi connectivity index (χ0v) is 11.7. The van der Waals surface area contributed by atoms with Crippen LogP contribution in [0.15, 0.2) is 28.7 Å². The number of non-ortho nitro benzene ring substituents is 1. The lowest BCUT2D eigenvalue weighted by molar-refractivity contribution is -0.384. The molecule has 2 heterocycles. The highest BCUT2D eigenvalue weighted by Crippen LogP contribution is 2.26. The minimum Gasteiger partial charge on any atom is -0.375 e. The van der Waals surface area contributed by atoms with Crippen molar-refractivity contribution in [2.75, 3.05) is 5.73 Å². The SMILES string of the molecule is Nc1nc(CSc2nc3ccc([N+](=O)[O-])cc3[nH]2)cs1. The number of thioether (sulfide) groups is 1. The number of nitrogens with zero attached hydrogens (tertiary/aromatic N) is 3. The van der Waals surface area contributed by atoms with Crippen LogP contribution in [0.1, 0.15) is 5.69 Å². The third-order valence-corrected chi connectivity index (χ3v) is 4.21. The molecule has 1 aromatic carbocycles. The van der Waals surface area contributed by atoms with Gasteiger partial charge in [0, 0.05) is 23.3 Å². The monoisotopic (exact) mass is 307 g/mol. The molecule has 0 radical (unpaired) electrons. The maximum atomic E-state index is 10.7. The smallest absolute Gasteiger partial charge is 0.271 e. The van der Waals surface area contributed by atoms with Gasteiger partial charge in [-0.15, -0.1) is 11.3 Å². The average Bonchev–Trinajstić information content (AvgIpc) is 3.00. The number of fused-ring (bicyclic) bond motifs is 1. The van der Waals surface area contributed by atoms with Gasteiger partial charge in [0.15, 0.2) is 10.3 Å². The fraction of sp³-hybridized carbons (Fsp3) is 0.0909. The van der Waals surface area contributed by atoms with Gasteiger partial charge in [0.2, 0.25) is 0 Å². The summed E-state index contributed by atoms with van der Waals surface area (Å²) in [6.07, 6.45) is 0. The molecule has 102 valence electrons. The summed E-state index contributed by atoms with van der Waals surface area (Å²) in [4.78, 5) is 21.9. The van der Waals surface area contributed by atoms with Crippen molar-refractivity contribution in [3.05, 3.63) is 39.4 Å². The molecular weight excluding hydrogens is 298 g/mol. The molecule has 0 aliphatic rings. The lowest BCUT2D eigenvalue weighted by atomic mass is 10.3. The number of nitro groups is 1. The third kappa shape index (κ3) is 2.58. The minimum absolute atomic E-state index is 0.0463. The predicted molar refractivity (Wildman–Crippen MR) is 78.8 cm³/mol. The van der Waals surface area contributed by atoms with Crippen molar-refractivity contribution in [1.82, 2.24) is 15.0 Å². The van der Waals surface area contributed by atoms with Crippen LogP contribution in [0, 0.1) is 10.1 Å². The van der Waals surface area contributed by atoms with Crippen LogP contribution in [-0.2, 0) is 5.75 Å². The topological polar surface area (TPSA) is 111 Å². The van der Waals surface area contributed by atoms with E-state index >= 15 is 0 Å². The number of nitrogens with two attached hydrogens (primary N) is 1. The van der Waals surface area contributed by atoms with Gasteiger partial charge in [0.05, 0.1) is 21.7 Å². The summed E-state index contributed by atoms with van der Waals surface area (Å²) in [7, 11) is 0. The van der Waals surface area contributed by atoms with Gasteiger partial charge >= 0.3 is 0 Å². The first-order valence-electron chi connectivity index (χ1n) is 5.58. The summed E-state index contributed by atoms with van der Waals surface area (Å²) in [6.45, 7) is 0. The highest BCUT2D eigenvalue weighted by molar-refractivity contribution is 7.98. The van der Waals surface area contributed by atoms with E-state index in [1.165, 1.54) is 35.2 Å². The first-order chi connectivity index (χ1) is 9.61. The number of nitro benzene ring substituents is 1. The summed E-state index contributed by atoms with van der Waals surface area (Å²) in [6, 6.07) is 4.56. The Balaban J connectivity index is 1.80. The zero-order chi connectivity index (χ0) is 14.1. The Bertz CT molecular complexity index is 782. The summed E-state index contributed by atoms with van der Waals surface area (Å²) in [5, 5.41) is 13.9. The number of H-pyrrole nitrogens is 1. The van der Waals surface area contributed by atoms with Gasteiger partial charge in [0.1, 0.15) is 0 Å². The van der Waals surface area contributed by atoms with Crippen LogP contribution >= 0.6 is 23.1 Å². The van der Waals surface area contributed by atoms with E-state index in [2.05, 4.69) is 15.0 Å². The molecule has 0 unspecified atom stereocenters. The molecule has 0 fully saturated rings. The maximum Gasteiger partial charge on any atom is 0.271 e. The second kappa shape index (κ2) is 5.10. The quantitative estimate of drug-likeness (QED) is 0.435. The zero-order valence-electron chi connectivity index (χ0n) is 10.1. The second-order valence-corrected chi connectivity index (χ2v) is 5.82. The number of aromatic nitrogens is 3. The van der Waals surface area contributed by atoms with Gasteiger partial charge in [-0.3, -0.25) is 10.1 Å². The molecule has 0 aliphatic carbocycles. The van der Waals surface area contributed by atoms with Crippen LogP contribution in [0.3, 0.4) is 0 Å². The molecule has 20 heavy (non-hydrogen) atoms. The Kier molecular flexibility index (Phi) is 3.28. The molecule has 7 nitrogen and oxygen atoms in total. The summed E-state index contributed by atoms with van der Waals surface area (Å²) < 4.78 is 0. The number of nitrogens with one attached hydrogen (secondary N) is 1. The van der Waals surface area contributed by atoms with E-state index in [0.717, 1.165) is 5.69 Å². The Labute approximate surface area is 121 Å². The fourth-order valence-electron chi connectivity index (χ4n) is 1.69. The van der Waals surface area contributed by atoms with Gasteiger partial charge in [-0.2, -0.15) is 0 Å². The molecule has 0 aliphatic heterocycles. The fourth-order valence-corrected chi connectivity index (χ4v) is 3.13. The van der Waals surface area contributed by atoms with Crippen molar-refractivity contribution >= 4 is 45.0 Å². The minimum atomic E-state index is -0.425. The maximum absolute atomic E-state index is 10.7. The van der Waals surface area contributed by atoms with E-state index in [-0.39, 0.29) is 5.69 Å². The van der Waals surface area contributed by atoms with Crippen molar-refractivity contribution in [3.63, 3.8) is 0 Å². The van der Waals surface area contributed by atoms with Crippen LogP contribution in [0.5, 0.6) is 0 Å². The highest BCUT2D eigenvalue weighted by atomic mass is 32.2. The number of thiazole rings is 1. The second-order valence-electron chi connectivity index (χ2n) is 3.97. The number of anilines is 1. The molecule has 0 saturated heterocycles. The lowest BCUT2D eigenvalue weighted by Gasteiger charge is -1.92. The number of rotatable bonds is 4. The Morgan fingerprint density at radius 1 is 1.45 bits per heavy atom. The van der Waals surface area contributed by atoms with Crippen LogP contribution in [0.2, 0.25) is 0 Å². The Morgan fingerprint density at radius 2 is 2.30 bits per heavy atom. The predicted octanol–water partition coefficient (Wildman–Crippen LogP) is 2.80. The molecule has 3 aromatic rings. The van der Waals surface area contributed by atoms with Crippen molar-refractivity contribution in [2.45, 2.75) is 10.9 Å². The Morgan fingerprint density at radius 3 is 3.00 bits per heavy atom. The normalized spacial score (nSPS) is 11.0. The van der Waals surface area contributed by atoms with Gasteiger partial charge < -0.3 is 10.7 Å². The number of imidazole rings is 1. The number of benzene rings is 1. The Hall–Kier alpha value is -2.13. The molecule has 0 saturated carbocycles. The third-order valence-electron chi connectivity index (χ3n) is 2.58. The number of hydrogen-bond acceptors (Lipinski definition) is 7. The molecule has 0 amide bonds. The average molecular weight is 307 g/mol. The van der Waals surface area contributed by atoms with Gasteiger partial charge in [-0.05, 0) is 6.07 Å². The summed E-state index contributed by atoms with van der Waals surface area (Å²) >= 11 is 2.88. The van der Waals surface area contributed by atoms with Gasteiger partial charge in [0.25, 0.3) is 5.69 Å². The molecule has 0 bridgehead atoms. The van der Waals surface area contributed by atoms with Crippen molar-refractivity contribution in [2.24, 2.45) is 0 Å². The largest absolute Gasteiger partial charge is 0.375 e. The van der Waals surface area contributed by atoms with E-state index in [1.54, 1.807) is 6.07 Å². The van der Waals surface area contributed by atoms with Crippen LogP contribution in [0.4, 0.5) is 10.8 Å². The van der Waals surface area contributed by atoms with E-state index in [0.29, 0.717) is 27.1 Å². The number of nitrogen functional groups attached to an aromatic ring is 1. The molecule has 0 atom stereocenters. The van der Waals surface area contributed by atoms with Gasteiger partial charge in [-0.1, -0.05) is 11.8 Å². The standard InChI is InChI=1S/C11H9N5O2S2/c12-10-13-6(4-19-10)5-20-11-14-8-2-1-7(16(17)18)3-9(8)15-11/h1-4H,5H2,(H2,12,13)(H,14,15).